The number of benzene rings is 2. The quantitative estimate of drug-likeness (QED) is 0.687. The van der Waals surface area contributed by atoms with Crippen molar-refractivity contribution in [1.82, 2.24) is 4.90 Å². The first-order valence-electron chi connectivity index (χ1n) is 10.2. The van der Waals surface area contributed by atoms with Crippen LogP contribution in [0.2, 0.25) is 0 Å². The Morgan fingerprint density at radius 1 is 0.968 bits per heavy atom. The molecule has 0 aliphatic carbocycles. The summed E-state index contributed by atoms with van der Waals surface area (Å²) in [7, 11) is 4.59. The minimum atomic E-state index is -0.166. The van der Waals surface area contributed by atoms with Crippen molar-refractivity contribution in [3.8, 4) is 17.2 Å². The van der Waals surface area contributed by atoms with E-state index < -0.39 is 0 Å². The molecule has 31 heavy (non-hydrogen) atoms. The van der Waals surface area contributed by atoms with Gasteiger partial charge in [-0.05, 0) is 24.5 Å². The molecule has 1 N–H and O–H groups in total. The number of ether oxygens (including phenoxy) is 3. The van der Waals surface area contributed by atoms with E-state index in [1.54, 1.807) is 23.1 Å². The standard InChI is InChI=1S/C24H28N2O5/c1-29-20-15-19(16-21(30-2)23(20)31-3)25-24(28)18-11-13-26(14-12-18)22(27)10-9-17-7-5-4-6-8-17/h4-10,15-16,18H,11-14H2,1-3H3,(H,25,28)/b10-9+. The van der Waals surface area contributed by atoms with Gasteiger partial charge in [-0.25, -0.2) is 0 Å². The molecule has 2 amide bonds. The van der Waals surface area contributed by atoms with Crippen molar-refractivity contribution in [1.29, 1.82) is 0 Å². The van der Waals surface area contributed by atoms with Crippen LogP contribution in [0.3, 0.4) is 0 Å². The number of nitrogens with zero attached hydrogens (tertiary/aromatic N) is 1. The predicted octanol–water partition coefficient (Wildman–Crippen LogP) is 3.60. The van der Waals surface area contributed by atoms with Crippen LogP contribution in [0.4, 0.5) is 5.69 Å². The number of anilines is 1. The van der Waals surface area contributed by atoms with Gasteiger partial charge >= 0.3 is 0 Å². The zero-order valence-electron chi connectivity index (χ0n) is 18.1. The molecule has 7 nitrogen and oxygen atoms in total. The largest absolute Gasteiger partial charge is 0.493 e. The SMILES string of the molecule is COc1cc(NC(=O)C2CCN(C(=O)/C=C/c3ccccc3)CC2)cc(OC)c1OC. The van der Waals surface area contributed by atoms with Gasteiger partial charge in [-0.15, -0.1) is 0 Å². The highest BCUT2D eigenvalue weighted by Gasteiger charge is 2.27. The summed E-state index contributed by atoms with van der Waals surface area (Å²) in [6.07, 6.45) is 4.62. The summed E-state index contributed by atoms with van der Waals surface area (Å²) in [5, 5.41) is 2.93. The number of hydrogen-bond acceptors (Lipinski definition) is 5. The highest BCUT2D eigenvalue weighted by Crippen LogP contribution is 2.40. The lowest BCUT2D eigenvalue weighted by Gasteiger charge is -2.30. The van der Waals surface area contributed by atoms with Crippen molar-refractivity contribution >= 4 is 23.6 Å². The zero-order chi connectivity index (χ0) is 22.2. The van der Waals surface area contributed by atoms with Crippen LogP contribution >= 0.6 is 0 Å². The molecular formula is C24H28N2O5. The summed E-state index contributed by atoms with van der Waals surface area (Å²) in [5.41, 5.74) is 1.55. The second-order valence-electron chi connectivity index (χ2n) is 7.25. The Labute approximate surface area is 182 Å². The maximum Gasteiger partial charge on any atom is 0.246 e. The van der Waals surface area contributed by atoms with Crippen molar-refractivity contribution in [2.24, 2.45) is 5.92 Å². The van der Waals surface area contributed by atoms with E-state index in [1.165, 1.54) is 21.3 Å². The summed E-state index contributed by atoms with van der Waals surface area (Å²) in [4.78, 5) is 27.0. The highest BCUT2D eigenvalue weighted by molar-refractivity contribution is 5.94. The van der Waals surface area contributed by atoms with Crippen LogP contribution in [0.25, 0.3) is 6.08 Å². The van der Waals surface area contributed by atoms with Crippen LogP contribution in [0.5, 0.6) is 17.2 Å². The second kappa shape index (κ2) is 10.5. The third-order valence-corrected chi connectivity index (χ3v) is 5.33. The van der Waals surface area contributed by atoms with Gasteiger partial charge < -0.3 is 24.4 Å². The molecule has 0 atom stereocenters. The van der Waals surface area contributed by atoms with E-state index in [2.05, 4.69) is 5.32 Å². The second-order valence-corrected chi connectivity index (χ2v) is 7.25. The fourth-order valence-electron chi connectivity index (χ4n) is 3.60. The number of likely N-dealkylation sites (tertiary alicyclic amines) is 1. The normalized spacial score (nSPS) is 14.4. The van der Waals surface area contributed by atoms with Crippen LogP contribution < -0.4 is 19.5 Å². The van der Waals surface area contributed by atoms with E-state index in [4.69, 9.17) is 14.2 Å². The predicted molar refractivity (Wildman–Crippen MR) is 120 cm³/mol. The summed E-state index contributed by atoms with van der Waals surface area (Å²) < 4.78 is 16.0. The number of amides is 2. The highest BCUT2D eigenvalue weighted by atomic mass is 16.5. The van der Waals surface area contributed by atoms with E-state index >= 15 is 0 Å². The molecule has 1 aliphatic rings. The van der Waals surface area contributed by atoms with Crippen molar-refractivity contribution in [3.63, 3.8) is 0 Å². The number of piperidine rings is 1. The van der Waals surface area contributed by atoms with Gasteiger partial charge in [0.2, 0.25) is 17.6 Å². The molecule has 1 heterocycles. The Balaban J connectivity index is 1.57. The number of rotatable bonds is 7. The smallest absolute Gasteiger partial charge is 0.246 e. The molecule has 0 unspecified atom stereocenters. The molecule has 2 aromatic rings. The number of carbonyl (C=O) groups is 2. The maximum absolute atomic E-state index is 12.8. The summed E-state index contributed by atoms with van der Waals surface area (Å²) in [6.45, 7) is 1.09. The fraction of sp³-hybridized carbons (Fsp3) is 0.333. The summed E-state index contributed by atoms with van der Waals surface area (Å²) in [6, 6.07) is 13.1. The number of methoxy groups -OCH3 is 3. The number of carbonyl (C=O) groups excluding carboxylic acids is 2. The van der Waals surface area contributed by atoms with Crippen molar-refractivity contribution in [3.05, 3.63) is 54.1 Å². The van der Waals surface area contributed by atoms with Gasteiger partial charge in [0.05, 0.1) is 21.3 Å². The van der Waals surface area contributed by atoms with Crippen LogP contribution in [0, 0.1) is 5.92 Å². The molecule has 164 valence electrons. The Hall–Kier alpha value is -3.48. The minimum absolute atomic E-state index is 0.0349. The molecule has 0 spiro atoms. The first-order chi connectivity index (χ1) is 15.0. The lowest BCUT2D eigenvalue weighted by molar-refractivity contribution is -0.130. The van der Waals surface area contributed by atoms with E-state index in [0.29, 0.717) is 48.9 Å². The van der Waals surface area contributed by atoms with Gasteiger partial charge in [0.25, 0.3) is 0 Å². The van der Waals surface area contributed by atoms with E-state index in [0.717, 1.165) is 5.56 Å². The van der Waals surface area contributed by atoms with Crippen LogP contribution in [-0.4, -0.2) is 51.1 Å². The average Bonchev–Trinajstić information content (AvgIpc) is 2.82. The van der Waals surface area contributed by atoms with E-state index in [9.17, 15) is 9.59 Å². The molecule has 0 bridgehead atoms. The van der Waals surface area contributed by atoms with Crippen LogP contribution in [0.15, 0.2) is 48.5 Å². The Bertz CT molecular complexity index is 909. The van der Waals surface area contributed by atoms with Crippen LogP contribution in [-0.2, 0) is 9.59 Å². The molecule has 0 saturated carbocycles. The Kier molecular flexibility index (Phi) is 7.54. The number of hydrogen-bond donors (Lipinski definition) is 1. The molecule has 1 fully saturated rings. The van der Waals surface area contributed by atoms with Gasteiger partial charge in [0.1, 0.15) is 0 Å². The Morgan fingerprint density at radius 2 is 1.58 bits per heavy atom. The average molecular weight is 424 g/mol. The molecule has 7 heteroatoms. The van der Waals surface area contributed by atoms with Crippen molar-refractivity contribution < 1.29 is 23.8 Å². The van der Waals surface area contributed by atoms with Crippen molar-refractivity contribution in [2.75, 3.05) is 39.7 Å². The molecule has 1 saturated heterocycles. The van der Waals surface area contributed by atoms with Gasteiger partial charge in [0, 0.05) is 42.9 Å². The van der Waals surface area contributed by atoms with Crippen molar-refractivity contribution in [2.45, 2.75) is 12.8 Å². The van der Waals surface area contributed by atoms with Gasteiger partial charge in [-0.1, -0.05) is 30.3 Å². The molecule has 1 aliphatic heterocycles. The lowest BCUT2D eigenvalue weighted by atomic mass is 9.95. The third kappa shape index (κ3) is 5.57. The van der Waals surface area contributed by atoms with E-state index in [-0.39, 0.29) is 17.7 Å². The minimum Gasteiger partial charge on any atom is -0.493 e. The Morgan fingerprint density at radius 3 is 2.13 bits per heavy atom. The lowest BCUT2D eigenvalue weighted by Crippen LogP contribution is -2.40. The summed E-state index contributed by atoms with van der Waals surface area (Å²) in [5.74, 6) is 1.14. The molecule has 0 radical (unpaired) electrons. The summed E-state index contributed by atoms with van der Waals surface area (Å²) >= 11 is 0. The monoisotopic (exact) mass is 424 g/mol. The van der Waals surface area contributed by atoms with Gasteiger partial charge in [-0.2, -0.15) is 0 Å². The molecule has 0 aromatic heterocycles. The van der Waals surface area contributed by atoms with Gasteiger partial charge in [-0.3, -0.25) is 9.59 Å². The first-order valence-corrected chi connectivity index (χ1v) is 10.2. The molecule has 2 aromatic carbocycles. The van der Waals surface area contributed by atoms with Gasteiger partial charge in [0.15, 0.2) is 11.5 Å². The van der Waals surface area contributed by atoms with E-state index in [1.807, 2.05) is 36.4 Å². The topological polar surface area (TPSA) is 77.1 Å². The third-order valence-electron chi connectivity index (χ3n) is 5.33. The maximum atomic E-state index is 12.8. The number of nitrogens with one attached hydrogen (secondary N) is 1. The molecular weight excluding hydrogens is 396 g/mol. The molecule has 3 rings (SSSR count). The fourth-order valence-corrected chi connectivity index (χ4v) is 3.60. The zero-order valence-corrected chi connectivity index (χ0v) is 18.1. The van der Waals surface area contributed by atoms with Crippen LogP contribution in [0.1, 0.15) is 18.4 Å². The first kappa shape index (κ1) is 22.2.